The number of nitrogens with zero attached hydrogens (tertiary/aromatic N) is 2. The van der Waals surface area contributed by atoms with Gasteiger partial charge in [-0.1, -0.05) is 24.3 Å². The molecule has 150 valence electrons. The van der Waals surface area contributed by atoms with Gasteiger partial charge in [-0.15, -0.1) is 0 Å². The molecule has 0 radical (unpaired) electrons. The number of fused-ring (bicyclic) bond motifs is 1. The van der Waals surface area contributed by atoms with E-state index in [2.05, 4.69) is 34.5 Å². The largest absolute Gasteiger partial charge is 0.492 e. The minimum Gasteiger partial charge on any atom is -0.492 e. The highest BCUT2D eigenvalue weighted by Crippen LogP contribution is 2.28. The van der Waals surface area contributed by atoms with Crippen LogP contribution >= 0.6 is 0 Å². The number of carbonyl (C=O) groups is 1. The highest BCUT2D eigenvalue weighted by molar-refractivity contribution is 5.76. The lowest BCUT2D eigenvalue weighted by Crippen LogP contribution is -2.25. The van der Waals surface area contributed by atoms with E-state index in [-0.39, 0.29) is 5.91 Å². The SMILES string of the molecule is N#Cc1cccc(CN2CCOc3ccc(CCC(=O)NCC4CC4)cc3C2)c1. The molecule has 1 N–H and O–H groups in total. The van der Waals surface area contributed by atoms with Gasteiger partial charge in [0.05, 0.1) is 11.6 Å². The summed E-state index contributed by atoms with van der Waals surface area (Å²) in [6, 6.07) is 16.3. The molecular weight excluding hydrogens is 362 g/mol. The van der Waals surface area contributed by atoms with Crippen molar-refractivity contribution in [1.82, 2.24) is 10.2 Å². The van der Waals surface area contributed by atoms with Crippen LogP contribution in [0.2, 0.25) is 0 Å². The first-order valence-electron chi connectivity index (χ1n) is 10.4. The highest BCUT2D eigenvalue weighted by atomic mass is 16.5. The Morgan fingerprint density at radius 2 is 2.10 bits per heavy atom. The highest BCUT2D eigenvalue weighted by Gasteiger charge is 2.21. The molecule has 0 aromatic heterocycles. The minimum atomic E-state index is 0.141. The third-order valence-electron chi connectivity index (χ3n) is 5.57. The Labute approximate surface area is 172 Å². The van der Waals surface area contributed by atoms with Crippen LogP contribution in [0.3, 0.4) is 0 Å². The Morgan fingerprint density at radius 1 is 1.21 bits per heavy atom. The number of ether oxygens (including phenoxy) is 1. The van der Waals surface area contributed by atoms with Gasteiger partial charge in [-0.05, 0) is 54.5 Å². The molecule has 2 aliphatic rings. The molecule has 1 aliphatic heterocycles. The van der Waals surface area contributed by atoms with Gasteiger partial charge in [-0.2, -0.15) is 5.26 Å². The molecule has 0 spiro atoms. The molecule has 1 fully saturated rings. The van der Waals surface area contributed by atoms with E-state index >= 15 is 0 Å². The number of nitriles is 1. The Bertz CT molecular complexity index is 915. The monoisotopic (exact) mass is 389 g/mol. The van der Waals surface area contributed by atoms with Crippen molar-refractivity contribution in [1.29, 1.82) is 5.26 Å². The fourth-order valence-electron chi connectivity index (χ4n) is 3.72. The smallest absolute Gasteiger partial charge is 0.220 e. The van der Waals surface area contributed by atoms with E-state index in [9.17, 15) is 4.79 Å². The van der Waals surface area contributed by atoms with E-state index in [0.717, 1.165) is 49.5 Å². The first-order chi connectivity index (χ1) is 14.2. The van der Waals surface area contributed by atoms with Crippen molar-refractivity contribution in [2.24, 2.45) is 5.92 Å². The van der Waals surface area contributed by atoms with Crippen molar-refractivity contribution in [2.45, 2.75) is 38.8 Å². The first-order valence-corrected chi connectivity index (χ1v) is 10.4. The van der Waals surface area contributed by atoms with E-state index in [1.54, 1.807) is 0 Å². The number of aryl methyl sites for hydroxylation is 1. The lowest BCUT2D eigenvalue weighted by molar-refractivity contribution is -0.121. The summed E-state index contributed by atoms with van der Waals surface area (Å²) in [5.74, 6) is 1.78. The number of hydrogen-bond donors (Lipinski definition) is 1. The van der Waals surface area contributed by atoms with Crippen LogP contribution in [0.1, 0.15) is 41.5 Å². The normalized spacial score (nSPS) is 16.2. The standard InChI is InChI=1S/C24H27N3O2/c25-14-20-2-1-3-21(12-20)16-27-10-11-29-23-8-6-18(13-22(23)17-27)7-9-24(28)26-15-19-4-5-19/h1-3,6,8,12-13,19H,4-5,7,9-11,15-17H2,(H,26,28). The quantitative estimate of drug-likeness (QED) is 0.788. The maximum atomic E-state index is 12.0. The number of hydrogen-bond acceptors (Lipinski definition) is 4. The van der Waals surface area contributed by atoms with Gasteiger partial charge < -0.3 is 10.1 Å². The van der Waals surface area contributed by atoms with Crippen molar-refractivity contribution >= 4 is 5.91 Å². The third kappa shape index (κ3) is 5.58. The first kappa shape index (κ1) is 19.5. The summed E-state index contributed by atoms with van der Waals surface area (Å²) in [6.45, 7) is 3.90. The molecule has 2 aromatic rings. The second kappa shape index (κ2) is 9.11. The van der Waals surface area contributed by atoms with E-state index in [1.807, 2.05) is 24.3 Å². The molecule has 5 nitrogen and oxygen atoms in total. The molecule has 0 saturated heterocycles. The van der Waals surface area contributed by atoms with E-state index in [0.29, 0.717) is 24.5 Å². The summed E-state index contributed by atoms with van der Waals surface area (Å²) < 4.78 is 5.94. The average molecular weight is 389 g/mol. The molecule has 1 aliphatic carbocycles. The summed E-state index contributed by atoms with van der Waals surface area (Å²) in [5.41, 5.74) is 4.16. The molecule has 0 atom stereocenters. The van der Waals surface area contributed by atoms with Crippen LogP contribution in [0.25, 0.3) is 0 Å². The van der Waals surface area contributed by atoms with Gasteiger partial charge >= 0.3 is 0 Å². The lowest BCUT2D eigenvalue weighted by atomic mass is 10.0. The zero-order valence-electron chi connectivity index (χ0n) is 16.7. The van der Waals surface area contributed by atoms with Crippen LogP contribution in [-0.2, 0) is 24.3 Å². The van der Waals surface area contributed by atoms with E-state index in [4.69, 9.17) is 10.00 Å². The van der Waals surface area contributed by atoms with Gasteiger partial charge in [-0.3, -0.25) is 9.69 Å². The molecule has 1 saturated carbocycles. The molecule has 0 bridgehead atoms. The van der Waals surface area contributed by atoms with Crippen LogP contribution in [0.4, 0.5) is 0 Å². The van der Waals surface area contributed by atoms with Crippen molar-refractivity contribution < 1.29 is 9.53 Å². The number of amides is 1. The Kier molecular flexibility index (Phi) is 6.12. The van der Waals surface area contributed by atoms with Gasteiger partial charge in [0.15, 0.2) is 0 Å². The summed E-state index contributed by atoms with van der Waals surface area (Å²) in [6.07, 6.45) is 3.77. The fraction of sp³-hybridized carbons (Fsp3) is 0.417. The minimum absolute atomic E-state index is 0.141. The number of benzene rings is 2. The zero-order chi connectivity index (χ0) is 20.1. The molecule has 1 amide bonds. The predicted molar refractivity (Wildman–Crippen MR) is 111 cm³/mol. The molecule has 1 heterocycles. The Hall–Kier alpha value is -2.84. The number of nitrogens with one attached hydrogen (secondary N) is 1. The van der Waals surface area contributed by atoms with Crippen LogP contribution < -0.4 is 10.1 Å². The summed E-state index contributed by atoms with van der Waals surface area (Å²) in [4.78, 5) is 14.4. The molecule has 29 heavy (non-hydrogen) atoms. The van der Waals surface area contributed by atoms with Crippen LogP contribution in [0.15, 0.2) is 42.5 Å². The summed E-state index contributed by atoms with van der Waals surface area (Å²) >= 11 is 0. The van der Waals surface area contributed by atoms with Gasteiger partial charge in [0.1, 0.15) is 12.4 Å². The second-order valence-electron chi connectivity index (χ2n) is 8.06. The van der Waals surface area contributed by atoms with E-state index in [1.165, 1.54) is 18.4 Å². The molecule has 4 rings (SSSR count). The number of carbonyl (C=O) groups excluding carboxylic acids is 1. The molecule has 5 heteroatoms. The fourth-order valence-corrected chi connectivity index (χ4v) is 3.72. The molecule has 0 unspecified atom stereocenters. The van der Waals surface area contributed by atoms with Crippen molar-refractivity contribution in [2.75, 3.05) is 19.7 Å². The number of rotatable bonds is 7. The predicted octanol–water partition coefficient (Wildman–Crippen LogP) is 3.41. The van der Waals surface area contributed by atoms with E-state index < -0.39 is 0 Å². The van der Waals surface area contributed by atoms with Crippen LogP contribution in [0.5, 0.6) is 5.75 Å². The third-order valence-corrected chi connectivity index (χ3v) is 5.57. The van der Waals surface area contributed by atoms with Crippen LogP contribution in [0, 0.1) is 17.2 Å². The van der Waals surface area contributed by atoms with Gasteiger partial charge in [-0.25, -0.2) is 0 Å². The van der Waals surface area contributed by atoms with Gasteiger partial charge in [0.2, 0.25) is 5.91 Å². The van der Waals surface area contributed by atoms with Gasteiger partial charge in [0, 0.05) is 38.2 Å². The second-order valence-corrected chi connectivity index (χ2v) is 8.06. The Morgan fingerprint density at radius 3 is 2.93 bits per heavy atom. The average Bonchev–Trinajstić information content (AvgIpc) is 3.57. The topological polar surface area (TPSA) is 65.4 Å². The summed E-state index contributed by atoms with van der Waals surface area (Å²) in [5, 5.41) is 12.2. The van der Waals surface area contributed by atoms with Gasteiger partial charge in [0.25, 0.3) is 0 Å². The Balaban J connectivity index is 1.37. The molecule has 2 aromatic carbocycles. The van der Waals surface area contributed by atoms with Crippen molar-refractivity contribution in [3.05, 3.63) is 64.7 Å². The summed E-state index contributed by atoms with van der Waals surface area (Å²) in [7, 11) is 0. The van der Waals surface area contributed by atoms with Crippen molar-refractivity contribution in [3.63, 3.8) is 0 Å². The lowest BCUT2D eigenvalue weighted by Gasteiger charge is -2.19. The maximum absolute atomic E-state index is 12.0. The van der Waals surface area contributed by atoms with Crippen LogP contribution in [-0.4, -0.2) is 30.5 Å². The zero-order valence-corrected chi connectivity index (χ0v) is 16.7. The maximum Gasteiger partial charge on any atom is 0.220 e. The van der Waals surface area contributed by atoms with Crippen molar-refractivity contribution in [3.8, 4) is 11.8 Å². The molecular formula is C24H27N3O2.